The molecule has 7 heteroatoms. The van der Waals surface area contributed by atoms with Gasteiger partial charge >= 0.3 is 0 Å². The standard InChI is InChI=1S/C22H25O4S3/c1-3-5-13-28(23,24)18-12-11-17-15-21(27-20(17)16-18)19-9-7-8-10-22(19)29(25,26)14-6-4-2/h7-12,16H,3-6,13-14H2,1-2H3. The van der Waals surface area contributed by atoms with Crippen LogP contribution in [0.3, 0.4) is 0 Å². The molecular formula is C22H25O4S3. The molecular weight excluding hydrogens is 424 g/mol. The van der Waals surface area contributed by atoms with Crippen LogP contribution in [0.2, 0.25) is 0 Å². The van der Waals surface area contributed by atoms with Crippen molar-refractivity contribution in [1.82, 2.24) is 0 Å². The number of unbranched alkanes of at least 4 members (excludes halogenated alkanes) is 2. The van der Waals surface area contributed by atoms with Gasteiger partial charge in [0.05, 0.1) is 21.3 Å². The monoisotopic (exact) mass is 449 g/mol. The molecule has 0 amide bonds. The lowest BCUT2D eigenvalue weighted by Gasteiger charge is -2.08. The predicted molar refractivity (Wildman–Crippen MR) is 120 cm³/mol. The summed E-state index contributed by atoms with van der Waals surface area (Å²) in [6.07, 6.45) is 2.88. The van der Waals surface area contributed by atoms with E-state index in [1.807, 2.05) is 19.9 Å². The van der Waals surface area contributed by atoms with Crippen molar-refractivity contribution in [3.63, 3.8) is 0 Å². The number of rotatable bonds is 9. The van der Waals surface area contributed by atoms with Gasteiger partial charge in [0.15, 0.2) is 19.7 Å². The summed E-state index contributed by atoms with van der Waals surface area (Å²) in [5.41, 5.74) is 0.625. The van der Waals surface area contributed by atoms with E-state index in [1.54, 1.807) is 36.4 Å². The Morgan fingerprint density at radius 3 is 2.21 bits per heavy atom. The van der Waals surface area contributed by atoms with Gasteiger partial charge in [-0.2, -0.15) is 0 Å². The van der Waals surface area contributed by atoms with E-state index < -0.39 is 19.7 Å². The molecule has 2 aromatic carbocycles. The van der Waals surface area contributed by atoms with Crippen LogP contribution in [0.4, 0.5) is 0 Å². The van der Waals surface area contributed by atoms with E-state index in [4.69, 9.17) is 0 Å². The largest absolute Gasteiger partial charge is 0.224 e. The molecule has 4 nitrogen and oxygen atoms in total. The second-order valence-electron chi connectivity index (χ2n) is 7.06. The molecule has 0 aliphatic carbocycles. The van der Waals surface area contributed by atoms with Crippen LogP contribution in [0.15, 0.2) is 52.3 Å². The zero-order valence-corrected chi connectivity index (χ0v) is 19.1. The van der Waals surface area contributed by atoms with Gasteiger partial charge in [0.1, 0.15) is 0 Å². The van der Waals surface area contributed by atoms with Gasteiger partial charge in [0.2, 0.25) is 0 Å². The first kappa shape index (κ1) is 22.0. The zero-order valence-electron chi connectivity index (χ0n) is 16.6. The molecule has 0 aliphatic heterocycles. The molecule has 0 spiro atoms. The lowest BCUT2D eigenvalue weighted by Crippen LogP contribution is -2.07. The fourth-order valence-electron chi connectivity index (χ4n) is 3.09. The normalized spacial score (nSPS) is 12.5. The molecule has 0 unspecified atom stereocenters. The van der Waals surface area contributed by atoms with E-state index in [2.05, 4.69) is 6.07 Å². The van der Waals surface area contributed by atoms with Crippen molar-refractivity contribution in [3.05, 3.63) is 48.5 Å². The number of hydrogen-bond acceptors (Lipinski definition) is 5. The van der Waals surface area contributed by atoms with Gasteiger partial charge in [-0.1, -0.05) is 51.0 Å². The highest BCUT2D eigenvalue weighted by atomic mass is 32.2. The minimum atomic E-state index is -3.39. The highest BCUT2D eigenvalue weighted by Gasteiger charge is 2.21. The number of thiophene rings is 1. The number of hydrogen-bond donors (Lipinski definition) is 0. The van der Waals surface area contributed by atoms with Crippen LogP contribution in [0.5, 0.6) is 0 Å². The highest BCUT2D eigenvalue weighted by molar-refractivity contribution is 7.91. The van der Waals surface area contributed by atoms with Crippen LogP contribution in [-0.2, 0) is 19.7 Å². The lowest BCUT2D eigenvalue weighted by atomic mass is 10.1. The Morgan fingerprint density at radius 2 is 1.52 bits per heavy atom. The van der Waals surface area contributed by atoms with Crippen LogP contribution in [0, 0.1) is 6.07 Å². The van der Waals surface area contributed by atoms with Crippen molar-refractivity contribution in [2.45, 2.75) is 49.3 Å². The summed E-state index contributed by atoms with van der Waals surface area (Å²) in [7, 11) is -6.70. The van der Waals surface area contributed by atoms with Gasteiger partial charge in [-0.3, -0.25) is 0 Å². The van der Waals surface area contributed by atoms with Crippen LogP contribution >= 0.6 is 11.3 Å². The quantitative estimate of drug-likeness (QED) is 0.431. The van der Waals surface area contributed by atoms with Crippen LogP contribution in [0.1, 0.15) is 39.5 Å². The Hall–Kier alpha value is -1.70. The third-order valence-corrected chi connectivity index (χ3v) is 9.51. The molecule has 155 valence electrons. The maximum atomic E-state index is 12.8. The summed E-state index contributed by atoms with van der Waals surface area (Å²) < 4.78 is 51.4. The maximum Gasteiger partial charge on any atom is 0.179 e. The molecule has 0 fully saturated rings. The van der Waals surface area contributed by atoms with Crippen LogP contribution in [0.25, 0.3) is 20.5 Å². The molecule has 1 heterocycles. The summed E-state index contributed by atoms with van der Waals surface area (Å²) in [5, 5.41) is 0.792. The van der Waals surface area contributed by atoms with E-state index in [-0.39, 0.29) is 11.5 Å². The fraction of sp³-hybridized carbons (Fsp3) is 0.364. The topological polar surface area (TPSA) is 68.3 Å². The van der Waals surface area contributed by atoms with Crippen molar-refractivity contribution in [2.75, 3.05) is 11.5 Å². The highest BCUT2D eigenvalue weighted by Crippen LogP contribution is 2.37. The number of fused-ring (bicyclic) bond motifs is 1. The second-order valence-corrected chi connectivity index (χ2v) is 12.3. The molecule has 0 atom stereocenters. The third kappa shape index (κ3) is 4.90. The van der Waals surface area contributed by atoms with Crippen molar-refractivity contribution in [3.8, 4) is 10.4 Å². The van der Waals surface area contributed by atoms with Gasteiger partial charge in [-0.25, -0.2) is 16.8 Å². The minimum Gasteiger partial charge on any atom is -0.224 e. The third-order valence-electron chi connectivity index (χ3n) is 4.77. The van der Waals surface area contributed by atoms with Crippen molar-refractivity contribution < 1.29 is 16.8 Å². The molecule has 1 aromatic heterocycles. The maximum absolute atomic E-state index is 12.8. The van der Waals surface area contributed by atoms with E-state index in [0.717, 1.165) is 22.9 Å². The average Bonchev–Trinajstić information content (AvgIpc) is 3.14. The Kier molecular flexibility index (Phi) is 6.81. The lowest BCUT2D eigenvalue weighted by molar-refractivity contribution is 0.591. The molecule has 0 aliphatic rings. The van der Waals surface area contributed by atoms with Gasteiger partial charge in [0.25, 0.3) is 0 Å². The molecule has 3 aromatic rings. The molecule has 0 N–H and O–H groups in total. The molecule has 29 heavy (non-hydrogen) atoms. The van der Waals surface area contributed by atoms with Crippen molar-refractivity contribution >= 4 is 41.1 Å². The van der Waals surface area contributed by atoms with Gasteiger partial charge in [-0.05, 0) is 31.0 Å². The average molecular weight is 450 g/mol. The summed E-state index contributed by atoms with van der Waals surface area (Å²) in [4.78, 5) is 1.33. The fourth-order valence-corrected chi connectivity index (χ4v) is 7.47. The van der Waals surface area contributed by atoms with Crippen molar-refractivity contribution in [2.24, 2.45) is 0 Å². The molecule has 3 rings (SSSR count). The SMILES string of the molecule is CCCCS(=O)(=O)c1ccc2[c]c(-c3ccccc3S(=O)(=O)CCCC)sc2c1. The summed E-state index contributed by atoms with van der Waals surface area (Å²) >= 11 is 1.37. The van der Waals surface area contributed by atoms with Gasteiger partial charge in [0, 0.05) is 26.6 Å². The number of sulfone groups is 2. The smallest absolute Gasteiger partial charge is 0.179 e. The first-order valence-electron chi connectivity index (χ1n) is 9.79. The molecule has 0 saturated heterocycles. The summed E-state index contributed by atoms with van der Waals surface area (Å²) in [5.74, 6) is 0.251. The Labute approximate surface area is 177 Å². The summed E-state index contributed by atoms with van der Waals surface area (Å²) in [6, 6.07) is 15.3. The zero-order chi connectivity index (χ0) is 21.1. The first-order valence-corrected chi connectivity index (χ1v) is 13.9. The van der Waals surface area contributed by atoms with Gasteiger partial charge in [-0.15, -0.1) is 11.3 Å². The first-order chi connectivity index (χ1) is 13.8. The van der Waals surface area contributed by atoms with E-state index >= 15 is 0 Å². The van der Waals surface area contributed by atoms with Crippen molar-refractivity contribution in [1.29, 1.82) is 0 Å². The molecule has 1 radical (unpaired) electrons. The van der Waals surface area contributed by atoms with Crippen LogP contribution in [-0.4, -0.2) is 28.3 Å². The summed E-state index contributed by atoms with van der Waals surface area (Å²) in [6.45, 7) is 3.93. The molecule has 0 saturated carbocycles. The number of benzene rings is 2. The molecule has 0 bridgehead atoms. The Bertz CT molecular complexity index is 1210. The van der Waals surface area contributed by atoms with E-state index in [1.165, 1.54) is 11.3 Å². The Balaban J connectivity index is 2.05. The second kappa shape index (κ2) is 8.98. The van der Waals surface area contributed by atoms with E-state index in [0.29, 0.717) is 33.1 Å². The van der Waals surface area contributed by atoms with Crippen LogP contribution < -0.4 is 0 Å². The minimum absolute atomic E-state index is 0.116. The predicted octanol–water partition coefficient (Wildman–Crippen LogP) is 5.52. The van der Waals surface area contributed by atoms with Gasteiger partial charge < -0.3 is 0 Å². The van der Waals surface area contributed by atoms with E-state index in [9.17, 15) is 16.8 Å². The Morgan fingerprint density at radius 1 is 0.862 bits per heavy atom.